The Bertz CT molecular complexity index is 356. The zero-order valence-electron chi connectivity index (χ0n) is 7.86. The molecule has 76 valence electrons. The van der Waals surface area contributed by atoms with E-state index in [-0.39, 0.29) is 11.0 Å². The number of hydrogen-bond donors (Lipinski definition) is 0. The molecule has 1 saturated carbocycles. The molecule has 2 rings (SSSR count). The van der Waals surface area contributed by atoms with Gasteiger partial charge in [-0.1, -0.05) is 28.9 Å². The fourth-order valence-corrected chi connectivity index (χ4v) is 2.10. The maximum Gasteiger partial charge on any atom is 0.264 e. The van der Waals surface area contributed by atoms with Crippen LogP contribution in [0, 0.1) is 0 Å². The van der Waals surface area contributed by atoms with Crippen LogP contribution in [0.5, 0.6) is 0 Å². The second-order valence-electron chi connectivity index (χ2n) is 4.09. The van der Waals surface area contributed by atoms with Crippen LogP contribution in [0.15, 0.2) is 22.7 Å². The Labute approximate surface area is 90.4 Å². The van der Waals surface area contributed by atoms with E-state index < -0.39 is 6.43 Å². The van der Waals surface area contributed by atoms with Crippen molar-refractivity contribution in [2.75, 3.05) is 0 Å². The normalized spacial score (nSPS) is 18.6. The van der Waals surface area contributed by atoms with Gasteiger partial charge in [0.05, 0.1) is 0 Å². The van der Waals surface area contributed by atoms with Crippen LogP contribution >= 0.6 is 15.9 Å². The molecular weight excluding hydrogens is 250 g/mol. The van der Waals surface area contributed by atoms with Crippen molar-refractivity contribution in [2.45, 2.75) is 31.6 Å². The van der Waals surface area contributed by atoms with Crippen molar-refractivity contribution in [3.63, 3.8) is 0 Å². The molecular formula is C11H11BrF2. The van der Waals surface area contributed by atoms with Gasteiger partial charge in [-0.2, -0.15) is 0 Å². The van der Waals surface area contributed by atoms with E-state index in [9.17, 15) is 8.78 Å². The van der Waals surface area contributed by atoms with E-state index in [1.54, 1.807) is 0 Å². The third-order valence-corrected chi connectivity index (χ3v) is 3.39. The first-order valence-corrected chi connectivity index (χ1v) is 5.40. The van der Waals surface area contributed by atoms with Crippen molar-refractivity contribution in [1.29, 1.82) is 0 Å². The molecule has 0 unspecified atom stereocenters. The summed E-state index contributed by atoms with van der Waals surface area (Å²) in [5.41, 5.74) is 1.00. The van der Waals surface area contributed by atoms with Gasteiger partial charge in [-0.3, -0.25) is 0 Å². The topological polar surface area (TPSA) is 0 Å². The molecule has 0 nitrogen and oxygen atoms in total. The van der Waals surface area contributed by atoms with Gasteiger partial charge in [-0.05, 0) is 36.0 Å². The Morgan fingerprint density at radius 1 is 1.36 bits per heavy atom. The largest absolute Gasteiger partial charge is 0.264 e. The molecule has 0 atom stereocenters. The van der Waals surface area contributed by atoms with Crippen molar-refractivity contribution in [3.8, 4) is 0 Å². The van der Waals surface area contributed by atoms with Crippen LogP contribution in [0.25, 0.3) is 0 Å². The Morgan fingerprint density at radius 2 is 2.00 bits per heavy atom. The van der Waals surface area contributed by atoms with Crippen molar-refractivity contribution < 1.29 is 8.78 Å². The molecule has 14 heavy (non-hydrogen) atoms. The van der Waals surface area contributed by atoms with Crippen LogP contribution < -0.4 is 0 Å². The quantitative estimate of drug-likeness (QED) is 0.738. The molecule has 0 heterocycles. The van der Waals surface area contributed by atoms with E-state index in [1.807, 2.05) is 19.1 Å². The van der Waals surface area contributed by atoms with Gasteiger partial charge in [-0.25, -0.2) is 8.78 Å². The van der Waals surface area contributed by atoms with Crippen LogP contribution in [0.4, 0.5) is 8.78 Å². The minimum atomic E-state index is -2.38. The molecule has 0 radical (unpaired) electrons. The summed E-state index contributed by atoms with van der Waals surface area (Å²) in [6.45, 7) is 2.04. The lowest BCUT2D eigenvalue weighted by atomic mass is 9.93. The second kappa shape index (κ2) is 3.30. The first-order chi connectivity index (χ1) is 6.53. The molecule has 1 aromatic rings. The molecule has 0 N–H and O–H groups in total. The van der Waals surface area contributed by atoms with Gasteiger partial charge in [-0.15, -0.1) is 0 Å². The fraction of sp³-hybridized carbons (Fsp3) is 0.455. The van der Waals surface area contributed by atoms with Crippen LogP contribution in [-0.4, -0.2) is 0 Å². The SMILES string of the molecule is CC1(c2ccc(Br)cc2C(F)F)CC1. The molecule has 0 aliphatic heterocycles. The Morgan fingerprint density at radius 3 is 2.50 bits per heavy atom. The summed E-state index contributed by atoms with van der Waals surface area (Å²) < 4.78 is 26.2. The molecule has 1 aliphatic carbocycles. The highest BCUT2D eigenvalue weighted by Gasteiger charge is 2.41. The van der Waals surface area contributed by atoms with E-state index in [2.05, 4.69) is 15.9 Å². The van der Waals surface area contributed by atoms with E-state index in [1.165, 1.54) is 6.07 Å². The molecule has 0 saturated heterocycles. The maximum atomic E-state index is 12.7. The number of halogens is 3. The predicted molar refractivity (Wildman–Crippen MR) is 55.7 cm³/mol. The summed E-state index contributed by atoms with van der Waals surface area (Å²) in [6, 6.07) is 5.19. The third kappa shape index (κ3) is 1.70. The van der Waals surface area contributed by atoms with E-state index in [0.29, 0.717) is 0 Å². The molecule has 3 heteroatoms. The van der Waals surface area contributed by atoms with Gasteiger partial charge in [0.15, 0.2) is 0 Å². The van der Waals surface area contributed by atoms with Crippen molar-refractivity contribution in [3.05, 3.63) is 33.8 Å². The lowest BCUT2D eigenvalue weighted by Gasteiger charge is -2.14. The van der Waals surface area contributed by atoms with E-state index in [0.717, 1.165) is 22.9 Å². The van der Waals surface area contributed by atoms with E-state index >= 15 is 0 Å². The van der Waals surface area contributed by atoms with Gasteiger partial charge >= 0.3 is 0 Å². The van der Waals surface area contributed by atoms with E-state index in [4.69, 9.17) is 0 Å². The number of alkyl halides is 2. The Kier molecular flexibility index (Phi) is 2.38. The molecule has 0 amide bonds. The highest BCUT2D eigenvalue weighted by molar-refractivity contribution is 9.10. The molecule has 0 spiro atoms. The first kappa shape index (κ1) is 10.1. The lowest BCUT2D eigenvalue weighted by molar-refractivity contribution is 0.149. The summed E-state index contributed by atoms with van der Waals surface area (Å²) in [5, 5.41) is 0. The third-order valence-electron chi connectivity index (χ3n) is 2.90. The smallest absolute Gasteiger partial charge is 0.205 e. The number of hydrogen-bond acceptors (Lipinski definition) is 0. The fourth-order valence-electron chi connectivity index (χ4n) is 1.72. The first-order valence-electron chi connectivity index (χ1n) is 4.61. The summed E-state index contributed by atoms with van der Waals surface area (Å²) in [6.07, 6.45) is -0.331. The zero-order valence-corrected chi connectivity index (χ0v) is 9.44. The van der Waals surface area contributed by atoms with Gasteiger partial charge in [0.2, 0.25) is 0 Å². The second-order valence-corrected chi connectivity index (χ2v) is 5.01. The minimum absolute atomic E-state index is 0.00641. The summed E-state index contributed by atoms with van der Waals surface area (Å²) >= 11 is 3.22. The molecule has 1 aromatic carbocycles. The minimum Gasteiger partial charge on any atom is -0.205 e. The summed E-state index contributed by atoms with van der Waals surface area (Å²) in [4.78, 5) is 0. The average Bonchev–Trinajstić information content (AvgIpc) is 2.84. The van der Waals surface area contributed by atoms with Crippen LogP contribution in [-0.2, 0) is 5.41 Å². The highest BCUT2D eigenvalue weighted by Crippen LogP contribution is 2.50. The molecule has 0 bridgehead atoms. The van der Waals surface area contributed by atoms with Crippen molar-refractivity contribution in [2.24, 2.45) is 0 Å². The zero-order chi connectivity index (χ0) is 10.3. The number of benzene rings is 1. The predicted octanol–water partition coefficient (Wildman–Crippen LogP) is 4.44. The maximum absolute atomic E-state index is 12.7. The Hall–Kier alpha value is -0.440. The van der Waals surface area contributed by atoms with Gasteiger partial charge in [0, 0.05) is 10.0 Å². The molecule has 0 aromatic heterocycles. The summed E-state index contributed by atoms with van der Waals surface area (Å²) in [7, 11) is 0. The van der Waals surface area contributed by atoms with Gasteiger partial charge < -0.3 is 0 Å². The van der Waals surface area contributed by atoms with Crippen LogP contribution in [0.3, 0.4) is 0 Å². The number of rotatable bonds is 2. The van der Waals surface area contributed by atoms with Crippen molar-refractivity contribution >= 4 is 15.9 Å². The highest BCUT2D eigenvalue weighted by atomic mass is 79.9. The standard InChI is InChI=1S/C11H11BrF2/c1-11(4-5-11)9-3-2-7(12)6-8(9)10(13)14/h2-3,6,10H,4-5H2,1H3. The van der Waals surface area contributed by atoms with Gasteiger partial charge in [0.1, 0.15) is 0 Å². The van der Waals surface area contributed by atoms with Gasteiger partial charge in [0.25, 0.3) is 6.43 Å². The molecule has 1 fully saturated rings. The molecule has 1 aliphatic rings. The summed E-state index contributed by atoms with van der Waals surface area (Å²) in [5.74, 6) is 0. The lowest BCUT2D eigenvalue weighted by Crippen LogP contribution is -2.05. The monoisotopic (exact) mass is 260 g/mol. The van der Waals surface area contributed by atoms with Crippen molar-refractivity contribution in [1.82, 2.24) is 0 Å². The van der Waals surface area contributed by atoms with Crippen LogP contribution in [0.1, 0.15) is 37.3 Å². The Balaban J connectivity index is 2.48. The average molecular weight is 261 g/mol. The van der Waals surface area contributed by atoms with Crippen LogP contribution in [0.2, 0.25) is 0 Å².